The number of quaternary nitrogens is 1. The largest absolute Gasteiger partial charge is 0.756 e. The third kappa shape index (κ3) is 15.2. The van der Waals surface area contributed by atoms with Crippen LogP contribution in [-0.4, -0.2) is 68.5 Å². The molecule has 0 aromatic carbocycles. The van der Waals surface area contributed by atoms with Gasteiger partial charge in [-0.25, -0.2) is 0 Å². The quantitative estimate of drug-likeness (QED) is 0.170. The Morgan fingerprint density at radius 3 is 2.46 bits per heavy atom. The number of aliphatic hydroxyl groups excluding tert-OH is 1. The van der Waals surface area contributed by atoms with Crippen molar-refractivity contribution >= 4 is 13.7 Å². The number of phosphoric acid groups is 1. The zero-order valence-electron chi connectivity index (χ0n) is 18.1. The highest BCUT2D eigenvalue weighted by atomic mass is 31.2. The van der Waals surface area contributed by atoms with Gasteiger partial charge in [-0.3, -0.25) is 9.36 Å². The molecule has 0 heterocycles. The maximum absolute atomic E-state index is 12.0. The van der Waals surface area contributed by atoms with E-state index in [2.05, 4.69) is 12.2 Å². The zero-order valence-corrected chi connectivity index (χ0v) is 19.0. The molecule has 3 unspecified atom stereocenters. The fraction of sp³-hybridized carbons (Fsp3) is 0.842. The Bertz CT molecular complexity index is 507. The number of nitrogens with one attached hydrogen (secondary N) is 1. The summed E-state index contributed by atoms with van der Waals surface area (Å²) in [5, 5.41) is 13.0. The Hall–Kier alpha value is -0.760. The van der Waals surface area contributed by atoms with Crippen LogP contribution in [0.4, 0.5) is 0 Å². The first-order valence-corrected chi connectivity index (χ1v) is 11.5. The Morgan fingerprint density at radius 2 is 1.89 bits per heavy atom. The van der Waals surface area contributed by atoms with Crippen molar-refractivity contribution in [2.24, 2.45) is 0 Å². The van der Waals surface area contributed by atoms with Crippen LogP contribution in [0.25, 0.3) is 0 Å². The number of carbonyl (C=O) groups is 1. The SMILES string of the molecule is CCCCC/C=C/C(O)C(COP(=O)([O-])OCC[N+](C)(C)C)NC(=O)CCC. The molecular formula is C19H39N2O6P. The van der Waals surface area contributed by atoms with Crippen LogP contribution < -0.4 is 10.2 Å². The number of rotatable bonds is 16. The molecule has 28 heavy (non-hydrogen) atoms. The van der Waals surface area contributed by atoms with Crippen LogP contribution in [-0.2, 0) is 18.4 Å². The predicted molar refractivity (Wildman–Crippen MR) is 109 cm³/mol. The van der Waals surface area contributed by atoms with E-state index in [0.717, 1.165) is 25.7 Å². The molecule has 2 N–H and O–H groups in total. The Balaban J connectivity index is 4.73. The summed E-state index contributed by atoms with van der Waals surface area (Å²) in [4.78, 5) is 23.8. The number of hydrogen-bond donors (Lipinski definition) is 2. The maximum atomic E-state index is 12.0. The average molecular weight is 423 g/mol. The molecule has 8 nitrogen and oxygen atoms in total. The number of aliphatic hydroxyl groups is 1. The Labute approximate surface area is 170 Å². The topological polar surface area (TPSA) is 108 Å². The molecule has 0 bridgehead atoms. The van der Waals surface area contributed by atoms with Gasteiger partial charge in [-0.2, -0.15) is 0 Å². The van der Waals surface area contributed by atoms with Crippen molar-refractivity contribution in [1.82, 2.24) is 5.32 Å². The van der Waals surface area contributed by atoms with E-state index in [4.69, 9.17) is 9.05 Å². The molecule has 0 saturated heterocycles. The second-order valence-corrected chi connectivity index (χ2v) is 9.34. The minimum atomic E-state index is -4.52. The molecule has 9 heteroatoms. The third-order valence-corrected chi connectivity index (χ3v) is 4.93. The summed E-state index contributed by atoms with van der Waals surface area (Å²) in [5.74, 6) is -0.263. The fourth-order valence-electron chi connectivity index (χ4n) is 2.25. The lowest BCUT2D eigenvalue weighted by atomic mass is 10.1. The van der Waals surface area contributed by atoms with Crippen molar-refractivity contribution in [3.63, 3.8) is 0 Å². The lowest BCUT2D eigenvalue weighted by Crippen LogP contribution is -2.45. The van der Waals surface area contributed by atoms with Crippen molar-refractivity contribution in [3.05, 3.63) is 12.2 Å². The van der Waals surface area contributed by atoms with E-state index in [-0.39, 0.29) is 19.1 Å². The number of allylic oxidation sites excluding steroid dienone is 1. The van der Waals surface area contributed by atoms with E-state index in [9.17, 15) is 19.4 Å². The summed E-state index contributed by atoms with van der Waals surface area (Å²) < 4.78 is 22.3. The molecule has 1 amide bonds. The van der Waals surface area contributed by atoms with Gasteiger partial charge < -0.3 is 28.8 Å². The second kappa shape index (κ2) is 14.3. The maximum Gasteiger partial charge on any atom is 0.268 e. The number of unbranched alkanes of at least 4 members (excludes halogenated alkanes) is 3. The van der Waals surface area contributed by atoms with Gasteiger partial charge in [-0.15, -0.1) is 0 Å². The number of likely N-dealkylation sites (N-methyl/N-ethyl adjacent to an activating group) is 1. The first-order valence-electron chi connectivity index (χ1n) is 10.1. The molecule has 0 aromatic rings. The molecule has 0 aromatic heterocycles. The number of amides is 1. The van der Waals surface area contributed by atoms with Gasteiger partial charge in [-0.1, -0.05) is 38.8 Å². The minimum absolute atomic E-state index is 0.00295. The van der Waals surface area contributed by atoms with Crippen LogP contribution in [0.5, 0.6) is 0 Å². The van der Waals surface area contributed by atoms with E-state index in [1.165, 1.54) is 0 Å². The summed E-state index contributed by atoms with van der Waals surface area (Å²) in [5.41, 5.74) is 0. The van der Waals surface area contributed by atoms with Gasteiger partial charge in [0, 0.05) is 6.42 Å². The van der Waals surface area contributed by atoms with Crippen molar-refractivity contribution in [3.8, 4) is 0 Å². The molecule has 3 atom stereocenters. The summed E-state index contributed by atoms with van der Waals surface area (Å²) in [6.45, 7) is 4.08. The highest BCUT2D eigenvalue weighted by molar-refractivity contribution is 7.45. The Kier molecular flexibility index (Phi) is 13.9. The smallest absolute Gasteiger partial charge is 0.268 e. The van der Waals surface area contributed by atoms with E-state index in [0.29, 0.717) is 23.9 Å². The lowest BCUT2D eigenvalue weighted by Gasteiger charge is -2.29. The van der Waals surface area contributed by atoms with Crippen LogP contribution in [0, 0.1) is 0 Å². The standard InChI is InChI=1S/C19H39N2O6P/c1-6-8-9-10-11-13-18(22)17(20-19(23)12-7-2)16-27-28(24,25)26-15-14-21(3,4)5/h11,13,17-18,22H,6-10,12,14-16H2,1-5H3,(H-,20,23,24,25)/b13-11+. The van der Waals surface area contributed by atoms with Crippen LogP contribution in [0.3, 0.4) is 0 Å². The summed E-state index contributed by atoms with van der Waals surface area (Å²) in [6, 6.07) is -0.870. The molecule has 166 valence electrons. The van der Waals surface area contributed by atoms with Crippen molar-refractivity contribution in [2.45, 2.75) is 64.5 Å². The molecule has 0 saturated carbocycles. The van der Waals surface area contributed by atoms with Crippen molar-refractivity contribution in [2.75, 3.05) is 40.9 Å². The zero-order chi connectivity index (χ0) is 21.6. The molecule has 0 spiro atoms. The van der Waals surface area contributed by atoms with E-state index < -0.39 is 20.0 Å². The van der Waals surface area contributed by atoms with E-state index in [1.807, 2.05) is 34.1 Å². The molecule has 0 aliphatic rings. The van der Waals surface area contributed by atoms with Crippen molar-refractivity contribution in [1.29, 1.82) is 0 Å². The normalized spacial score (nSPS) is 16.7. The van der Waals surface area contributed by atoms with Gasteiger partial charge in [0.25, 0.3) is 7.82 Å². The minimum Gasteiger partial charge on any atom is -0.756 e. The highest BCUT2D eigenvalue weighted by Gasteiger charge is 2.22. The van der Waals surface area contributed by atoms with Gasteiger partial charge >= 0.3 is 0 Å². The summed E-state index contributed by atoms with van der Waals surface area (Å²) in [7, 11) is 1.24. The van der Waals surface area contributed by atoms with Crippen LogP contribution in [0.2, 0.25) is 0 Å². The van der Waals surface area contributed by atoms with Gasteiger partial charge in [0.05, 0.1) is 39.9 Å². The fourth-order valence-corrected chi connectivity index (χ4v) is 2.97. The van der Waals surface area contributed by atoms with Gasteiger partial charge in [0.1, 0.15) is 13.2 Å². The summed E-state index contributed by atoms with van der Waals surface area (Å²) in [6.07, 6.45) is 7.34. The van der Waals surface area contributed by atoms with Crippen LogP contribution in [0.15, 0.2) is 12.2 Å². The van der Waals surface area contributed by atoms with E-state index in [1.54, 1.807) is 6.08 Å². The number of phosphoric ester groups is 1. The molecule has 0 radical (unpaired) electrons. The average Bonchev–Trinajstić information content (AvgIpc) is 2.57. The molecule has 0 aliphatic carbocycles. The molecule has 0 rings (SSSR count). The highest BCUT2D eigenvalue weighted by Crippen LogP contribution is 2.38. The van der Waals surface area contributed by atoms with Gasteiger partial charge in [-0.05, 0) is 19.3 Å². The van der Waals surface area contributed by atoms with Crippen LogP contribution >= 0.6 is 7.82 Å². The van der Waals surface area contributed by atoms with Crippen molar-refractivity contribution < 1.29 is 32.9 Å². The predicted octanol–water partition coefficient (Wildman–Crippen LogP) is 1.98. The first kappa shape index (κ1) is 27.2. The van der Waals surface area contributed by atoms with Gasteiger partial charge in [0.2, 0.25) is 5.91 Å². The molecular weight excluding hydrogens is 383 g/mol. The van der Waals surface area contributed by atoms with Crippen LogP contribution in [0.1, 0.15) is 52.4 Å². The van der Waals surface area contributed by atoms with E-state index >= 15 is 0 Å². The molecule has 0 fully saturated rings. The van der Waals surface area contributed by atoms with Gasteiger partial charge in [0.15, 0.2) is 0 Å². The number of hydrogen-bond acceptors (Lipinski definition) is 6. The summed E-state index contributed by atoms with van der Waals surface area (Å²) >= 11 is 0. The number of carbonyl (C=O) groups excluding carboxylic acids is 1. The molecule has 0 aliphatic heterocycles. The lowest BCUT2D eigenvalue weighted by molar-refractivity contribution is -0.870. The first-order chi connectivity index (χ1) is 13.0. The monoisotopic (exact) mass is 422 g/mol. The number of nitrogens with zero attached hydrogens (tertiary/aromatic N) is 1. The third-order valence-electron chi connectivity index (χ3n) is 3.97. The second-order valence-electron chi connectivity index (χ2n) is 7.93. The Morgan fingerprint density at radius 1 is 1.21 bits per heavy atom.